The Bertz CT molecular complexity index is 1500. The monoisotopic (exact) mass is 590 g/mol. The fourth-order valence-corrected chi connectivity index (χ4v) is 7.72. The number of likely N-dealkylation sites (tertiary alicyclic amines) is 1. The lowest BCUT2D eigenvalue weighted by atomic mass is 9.98. The van der Waals surface area contributed by atoms with Crippen LogP contribution in [0.15, 0.2) is 43.0 Å². The first-order valence-electron chi connectivity index (χ1n) is 14.3. The molecule has 1 aromatic carbocycles. The molecule has 10 heteroatoms. The van der Waals surface area contributed by atoms with Gasteiger partial charge in [0, 0.05) is 50.4 Å². The van der Waals surface area contributed by atoms with Crippen molar-refractivity contribution in [1.82, 2.24) is 14.8 Å². The highest BCUT2D eigenvalue weighted by molar-refractivity contribution is 7.23. The summed E-state index contributed by atoms with van der Waals surface area (Å²) < 4.78 is 8.38. The molecule has 2 aromatic heterocycles. The van der Waals surface area contributed by atoms with Gasteiger partial charge in [0.1, 0.15) is 12.4 Å². The third-order valence-electron chi connectivity index (χ3n) is 8.66. The lowest BCUT2D eigenvalue weighted by Gasteiger charge is -2.42. The summed E-state index contributed by atoms with van der Waals surface area (Å²) in [4.78, 5) is 26.4. The second kappa shape index (κ2) is 11.9. The fourth-order valence-electron chi connectivity index (χ4n) is 6.44. The van der Waals surface area contributed by atoms with Gasteiger partial charge in [-0.25, -0.2) is 0 Å². The van der Waals surface area contributed by atoms with E-state index in [1.54, 1.807) is 16.2 Å². The molecule has 214 valence electrons. The van der Waals surface area contributed by atoms with E-state index in [0.29, 0.717) is 38.2 Å². The number of fused-ring (bicyclic) bond motifs is 2. The van der Waals surface area contributed by atoms with E-state index in [-0.39, 0.29) is 18.4 Å². The van der Waals surface area contributed by atoms with Crippen LogP contribution in [0.4, 0.5) is 11.5 Å². The van der Waals surface area contributed by atoms with Gasteiger partial charge < -0.3 is 24.3 Å². The number of benzene rings is 1. The third-order valence-corrected chi connectivity index (χ3v) is 9.96. The van der Waals surface area contributed by atoms with E-state index in [0.717, 1.165) is 42.6 Å². The topological polar surface area (TPSA) is 75.9 Å². The molecule has 2 atom stereocenters. The zero-order valence-corrected chi connectivity index (χ0v) is 25.0. The van der Waals surface area contributed by atoms with Crippen molar-refractivity contribution in [2.75, 3.05) is 56.2 Å². The van der Waals surface area contributed by atoms with Gasteiger partial charge in [-0.05, 0) is 62.0 Å². The predicted octanol–water partition coefficient (Wildman–Crippen LogP) is 5.10. The average molecular weight is 591 g/mol. The van der Waals surface area contributed by atoms with Crippen LogP contribution in [0.25, 0.3) is 10.1 Å². The van der Waals surface area contributed by atoms with Crippen molar-refractivity contribution in [3.05, 3.63) is 58.5 Å². The molecule has 2 saturated heterocycles. The number of halogens is 1. The summed E-state index contributed by atoms with van der Waals surface area (Å²) in [5.41, 5.74) is 3.63. The van der Waals surface area contributed by atoms with E-state index in [2.05, 4.69) is 58.7 Å². The molecule has 5 heterocycles. The summed E-state index contributed by atoms with van der Waals surface area (Å²) in [5.74, 6) is 1.43. The van der Waals surface area contributed by atoms with Crippen LogP contribution >= 0.6 is 22.9 Å². The molecular weight excluding hydrogens is 556 g/mol. The molecule has 0 spiro atoms. The van der Waals surface area contributed by atoms with Crippen molar-refractivity contribution in [3.8, 4) is 11.9 Å². The maximum atomic E-state index is 12.5. The number of pyridine rings is 1. The van der Waals surface area contributed by atoms with Gasteiger partial charge in [0.2, 0.25) is 11.8 Å². The first-order chi connectivity index (χ1) is 19.9. The Kier molecular flexibility index (Phi) is 8.07. The molecule has 0 bridgehead atoms. The van der Waals surface area contributed by atoms with Crippen molar-refractivity contribution >= 4 is 50.4 Å². The number of hydrogen-bond acceptors (Lipinski definition) is 8. The summed E-state index contributed by atoms with van der Waals surface area (Å²) in [6.45, 7) is 8.69. The number of carbonyl (C=O) groups excluding carboxylic acids is 1. The highest BCUT2D eigenvalue weighted by Crippen LogP contribution is 2.40. The minimum absolute atomic E-state index is 0.129. The molecule has 3 aromatic rings. The van der Waals surface area contributed by atoms with Gasteiger partial charge in [-0.1, -0.05) is 30.3 Å². The minimum Gasteiger partial charge on any atom is -0.476 e. The van der Waals surface area contributed by atoms with Crippen LogP contribution in [0, 0.1) is 11.3 Å². The predicted molar refractivity (Wildman–Crippen MR) is 165 cm³/mol. The van der Waals surface area contributed by atoms with Gasteiger partial charge in [0.15, 0.2) is 0 Å². The number of thiophene rings is 1. The molecule has 41 heavy (non-hydrogen) atoms. The van der Waals surface area contributed by atoms with Crippen molar-refractivity contribution < 1.29 is 9.53 Å². The molecule has 3 aliphatic heterocycles. The quantitative estimate of drug-likeness (QED) is 0.354. The molecule has 1 amide bonds. The molecule has 3 aliphatic rings. The van der Waals surface area contributed by atoms with Crippen molar-refractivity contribution in [2.24, 2.45) is 0 Å². The van der Waals surface area contributed by atoms with Crippen LogP contribution in [-0.2, 0) is 17.8 Å². The molecule has 2 fully saturated rings. The molecule has 8 nitrogen and oxygen atoms in total. The van der Waals surface area contributed by atoms with Gasteiger partial charge >= 0.3 is 0 Å². The van der Waals surface area contributed by atoms with Gasteiger partial charge in [-0.3, -0.25) is 4.79 Å². The summed E-state index contributed by atoms with van der Waals surface area (Å²) in [5, 5.41) is 10.7. The standard InChI is InChI=1S/C31H35ClN6O2S/c1-3-29(39)38-15-14-37(19-23(38)9-11-33)31-25-10-13-36(26-8-4-6-21-16-27(32)41-30(21)26)18-22(25)17-28(34-31)40-20-24-7-5-12-35(24)2/h3-4,6,8,16-17,23-24H,1,5,7,9-10,12-15,18-20H2,2H3/t23-,24-/m0/s1. The number of aromatic nitrogens is 1. The number of likely N-dealkylation sites (N-methyl/N-ethyl adjacent to an activating group) is 1. The van der Waals surface area contributed by atoms with Gasteiger partial charge in [-0.15, -0.1) is 11.3 Å². The van der Waals surface area contributed by atoms with E-state index >= 15 is 0 Å². The Labute approximate surface area is 250 Å². The molecule has 0 aliphatic carbocycles. The van der Waals surface area contributed by atoms with Crippen LogP contribution < -0.4 is 14.5 Å². The number of rotatable bonds is 7. The van der Waals surface area contributed by atoms with Gasteiger partial charge in [-0.2, -0.15) is 10.2 Å². The van der Waals surface area contributed by atoms with Crippen LogP contribution in [-0.4, -0.2) is 79.2 Å². The Morgan fingerprint density at radius 2 is 2.12 bits per heavy atom. The van der Waals surface area contributed by atoms with E-state index in [9.17, 15) is 10.1 Å². The SMILES string of the molecule is C=CC(=O)N1CCN(c2nc(OC[C@@H]3CCCN3C)cc3c2CCN(c2cccc4cc(Cl)sc24)C3)C[C@@H]1CC#N. The van der Waals surface area contributed by atoms with Crippen molar-refractivity contribution in [1.29, 1.82) is 5.26 Å². The summed E-state index contributed by atoms with van der Waals surface area (Å²) >= 11 is 8.01. The average Bonchev–Trinajstić information content (AvgIpc) is 3.58. The Balaban J connectivity index is 1.33. The number of carbonyl (C=O) groups is 1. The highest BCUT2D eigenvalue weighted by atomic mass is 35.5. The largest absolute Gasteiger partial charge is 0.476 e. The molecule has 0 N–H and O–H groups in total. The van der Waals surface area contributed by atoms with E-state index < -0.39 is 0 Å². The summed E-state index contributed by atoms with van der Waals surface area (Å²) in [6, 6.07) is 13.0. The van der Waals surface area contributed by atoms with Crippen LogP contribution in [0.1, 0.15) is 30.4 Å². The van der Waals surface area contributed by atoms with Crippen LogP contribution in [0.2, 0.25) is 4.34 Å². The molecule has 0 radical (unpaired) electrons. The summed E-state index contributed by atoms with van der Waals surface area (Å²) in [7, 11) is 2.15. The zero-order chi connectivity index (χ0) is 28.5. The second-order valence-corrected chi connectivity index (χ2v) is 12.8. The number of hydrogen-bond donors (Lipinski definition) is 0. The van der Waals surface area contributed by atoms with E-state index in [1.165, 1.54) is 39.4 Å². The molecule has 0 unspecified atom stereocenters. The van der Waals surface area contributed by atoms with Crippen molar-refractivity contribution in [3.63, 3.8) is 0 Å². The molecule has 0 saturated carbocycles. The molecular formula is C31H35ClN6O2S. The van der Waals surface area contributed by atoms with Crippen LogP contribution in [0.5, 0.6) is 5.88 Å². The van der Waals surface area contributed by atoms with Gasteiger partial charge in [0.05, 0.1) is 33.3 Å². The lowest BCUT2D eigenvalue weighted by Crippen LogP contribution is -2.55. The molecule has 6 rings (SSSR count). The highest BCUT2D eigenvalue weighted by Gasteiger charge is 2.33. The van der Waals surface area contributed by atoms with E-state index in [1.807, 2.05) is 6.07 Å². The third kappa shape index (κ3) is 5.61. The normalized spacial score (nSPS) is 21.1. The van der Waals surface area contributed by atoms with Gasteiger partial charge in [0.25, 0.3) is 0 Å². The Morgan fingerprint density at radius 1 is 1.24 bits per heavy atom. The van der Waals surface area contributed by atoms with Crippen LogP contribution in [0.3, 0.4) is 0 Å². The first-order valence-corrected chi connectivity index (χ1v) is 15.5. The maximum Gasteiger partial charge on any atom is 0.246 e. The number of nitrogens with zero attached hydrogens (tertiary/aromatic N) is 6. The minimum atomic E-state index is -0.213. The number of anilines is 2. The lowest BCUT2D eigenvalue weighted by molar-refractivity contribution is -0.128. The Morgan fingerprint density at radius 3 is 2.90 bits per heavy atom. The van der Waals surface area contributed by atoms with Crippen molar-refractivity contribution in [2.45, 2.75) is 44.3 Å². The number of amides is 1. The Hall–Kier alpha value is -3.32. The first kappa shape index (κ1) is 27.8. The fraction of sp³-hybridized carbons (Fsp3) is 0.452. The zero-order valence-electron chi connectivity index (χ0n) is 23.4. The maximum absolute atomic E-state index is 12.5. The number of ether oxygens (including phenoxy) is 1. The van der Waals surface area contributed by atoms with E-state index in [4.69, 9.17) is 21.3 Å². The summed E-state index contributed by atoms with van der Waals surface area (Å²) in [6.07, 6.45) is 4.76. The number of nitriles is 1. The number of piperazine rings is 1. The smallest absolute Gasteiger partial charge is 0.246 e. The second-order valence-electron chi connectivity index (χ2n) is 11.1.